The Balaban J connectivity index is 2.01. The summed E-state index contributed by atoms with van der Waals surface area (Å²) in [4.78, 5) is 13.1. The molecule has 4 rings (SSSR count). The highest BCUT2D eigenvalue weighted by molar-refractivity contribution is 6.32. The van der Waals surface area contributed by atoms with Crippen LogP contribution in [0.1, 0.15) is 0 Å². The van der Waals surface area contributed by atoms with Crippen LogP contribution in [0.15, 0.2) is 53.3 Å². The second-order valence-electron chi connectivity index (χ2n) is 5.19. The number of ether oxygens (including phenoxy) is 1. The van der Waals surface area contributed by atoms with Crippen LogP contribution in [0, 0.1) is 5.82 Å². The molecule has 0 unspecified atom stereocenters. The minimum Gasteiger partial charge on any atom is -0.492 e. The number of aromatic nitrogens is 3. The minimum absolute atomic E-state index is 0.0524. The van der Waals surface area contributed by atoms with Crippen molar-refractivity contribution in [1.29, 1.82) is 0 Å². The van der Waals surface area contributed by atoms with E-state index < -0.39 is 5.82 Å². The van der Waals surface area contributed by atoms with Crippen molar-refractivity contribution in [1.82, 2.24) is 15.0 Å². The standard InChI is InChI=1S/C18H11ClFN3O2/c1-24-16-12(19)7-6-10(14(16)20)18-22-15(13-5-3-9-25-13)11-4-2-8-21-17(11)23-18/h2-9H,1H3. The minimum atomic E-state index is -0.629. The van der Waals surface area contributed by atoms with Gasteiger partial charge in [-0.2, -0.15) is 0 Å². The van der Waals surface area contributed by atoms with Crippen LogP contribution in [-0.4, -0.2) is 22.1 Å². The van der Waals surface area contributed by atoms with E-state index in [0.717, 1.165) is 0 Å². The fourth-order valence-corrected chi connectivity index (χ4v) is 2.80. The van der Waals surface area contributed by atoms with Gasteiger partial charge in [-0.05, 0) is 36.4 Å². The van der Waals surface area contributed by atoms with Crippen LogP contribution >= 0.6 is 11.6 Å². The highest BCUT2D eigenvalue weighted by Crippen LogP contribution is 2.35. The predicted octanol–water partition coefficient (Wildman–Crippen LogP) is 4.75. The van der Waals surface area contributed by atoms with Gasteiger partial charge in [0, 0.05) is 11.6 Å². The summed E-state index contributed by atoms with van der Waals surface area (Å²) in [5.74, 6) is 0.0344. The molecule has 0 spiro atoms. The number of benzene rings is 1. The summed E-state index contributed by atoms with van der Waals surface area (Å²) in [6.07, 6.45) is 3.16. The van der Waals surface area contributed by atoms with Crippen LogP contribution in [0.3, 0.4) is 0 Å². The van der Waals surface area contributed by atoms with E-state index in [-0.39, 0.29) is 22.2 Å². The number of halogens is 2. The van der Waals surface area contributed by atoms with Gasteiger partial charge in [0.1, 0.15) is 5.69 Å². The van der Waals surface area contributed by atoms with Gasteiger partial charge >= 0.3 is 0 Å². The van der Waals surface area contributed by atoms with E-state index in [2.05, 4.69) is 15.0 Å². The Bertz CT molecular complexity index is 1070. The maximum Gasteiger partial charge on any atom is 0.177 e. The Morgan fingerprint density at radius 2 is 2.00 bits per heavy atom. The quantitative estimate of drug-likeness (QED) is 0.530. The molecule has 7 heteroatoms. The molecular weight excluding hydrogens is 345 g/mol. The number of hydrogen-bond donors (Lipinski definition) is 0. The van der Waals surface area contributed by atoms with Crippen molar-refractivity contribution < 1.29 is 13.5 Å². The fourth-order valence-electron chi connectivity index (χ4n) is 2.58. The lowest BCUT2D eigenvalue weighted by atomic mass is 10.1. The summed E-state index contributed by atoms with van der Waals surface area (Å²) in [6, 6.07) is 10.2. The van der Waals surface area contributed by atoms with Gasteiger partial charge in [0.25, 0.3) is 0 Å². The summed E-state index contributed by atoms with van der Waals surface area (Å²) in [5.41, 5.74) is 1.14. The molecule has 0 saturated carbocycles. The first-order valence-corrected chi connectivity index (χ1v) is 7.76. The number of methoxy groups -OCH3 is 1. The molecule has 0 saturated heterocycles. The Labute approximate surface area is 147 Å². The molecule has 0 amide bonds. The first-order chi connectivity index (χ1) is 12.2. The Morgan fingerprint density at radius 3 is 2.76 bits per heavy atom. The molecule has 25 heavy (non-hydrogen) atoms. The zero-order valence-electron chi connectivity index (χ0n) is 13.0. The van der Waals surface area contributed by atoms with Gasteiger partial charge in [-0.1, -0.05) is 11.6 Å². The zero-order chi connectivity index (χ0) is 17.4. The number of rotatable bonds is 3. The second kappa shape index (κ2) is 6.14. The molecule has 3 heterocycles. The molecule has 0 aliphatic carbocycles. The third kappa shape index (κ3) is 2.60. The summed E-state index contributed by atoms with van der Waals surface area (Å²) < 4.78 is 25.2. The van der Waals surface area contributed by atoms with Crippen LogP contribution < -0.4 is 4.74 Å². The lowest BCUT2D eigenvalue weighted by Gasteiger charge is -2.10. The van der Waals surface area contributed by atoms with Crippen LogP contribution in [0.5, 0.6) is 5.75 Å². The van der Waals surface area contributed by atoms with Gasteiger partial charge in [0.05, 0.1) is 24.0 Å². The highest BCUT2D eigenvalue weighted by Gasteiger charge is 2.19. The van der Waals surface area contributed by atoms with E-state index >= 15 is 0 Å². The van der Waals surface area contributed by atoms with Gasteiger partial charge in [-0.15, -0.1) is 0 Å². The summed E-state index contributed by atoms with van der Waals surface area (Å²) in [5, 5.41) is 0.886. The van der Waals surface area contributed by atoms with Crippen molar-refractivity contribution in [2.75, 3.05) is 7.11 Å². The molecule has 1 aromatic carbocycles. The van der Waals surface area contributed by atoms with Gasteiger partial charge in [0.15, 0.2) is 28.8 Å². The lowest BCUT2D eigenvalue weighted by Crippen LogP contribution is -1.99. The van der Waals surface area contributed by atoms with Gasteiger partial charge in [-0.3, -0.25) is 0 Å². The van der Waals surface area contributed by atoms with Crippen molar-refractivity contribution in [2.45, 2.75) is 0 Å². The maximum atomic E-state index is 14.8. The molecular formula is C18H11ClFN3O2. The Morgan fingerprint density at radius 1 is 1.12 bits per heavy atom. The van der Waals surface area contributed by atoms with E-state index in [9.17, 15) is 4.39 Å². The predicted molar refractivity (Wildman–Crippen MR) is 92.0 cm³/mol. The average molecular weight is 356 g/mol. The van der Waals surface area contributed by atoms with Crippen molar-refractivity contribution >= 4 is 22.6 Å². The van der Waals surface area contributed by atoms with E-state index in [1.165, 1.54) is 19.2 Å². The Hall–Kier alpha value is -2.99. The summed E-state index contributed by atoms with van der Waals surface area (Å²) >= 11 is 5.96. The first kappa shape index (κ1) is 15.5. The lowest BCUT2D eigenvalue weighted by molar-refractivity contribution is 0.387. The smallest absolute Gasteiger partial charge is 0.177 e. The third-order valence-electron chi connectivity index (χ3n) is 3.72. The molecule has 124 valence electrons. The molecule has 5 nitrogen and oxygen atoms in total. The highest BCUT2D eigenvalue weighted by atomic mass is 35.5. The number of furan rings is 1. The van der Waals surface area contributed by atoms with E-state index in [1.54, 1.807) is 30.7 Å². The third-order valence-corrected chi connectivity index (χ3v) is 4.02. The molecule has 0 atom stereocenters. The normalized spacial score (nSPS) is 11.0. The Kier molecular flexibility index (Phi) is 3.82. The number of hydrogen-bond acceptors (Lipinski definition) is 5. The van der Waals surface area contributed by atoms with Crippen molar-refractivity contribution in [3.63, 3.8) is 0 Å². The molecule has 3 aromatic heterocycles. The van der Waals surface area contributed by atoms with Gasteiger partial charge in [-0.25, -0.2) is 19.3 Å². The maximum absolute atomic E-state index is 14.8. The van der Waals surface area contributed by atoms with E-state index in [1.807, 2.05) is 6.07 Å². The van der Waals surface area contributed by atoms with Crippen molar-refractivity contribution in [2.24, 2.45) is 0 Å². The molecule has 0 N–H and O–H groups in total. The molecule has 0 bridgehead atoms. The molecule has 0 aliphatic heterocycles. The molecule has 0 aliphatic rings. The molecule has 0 radical (unpaired) electrons. The fraction of sp³-hybridized carbons (Fsp3) is 0.0556. The SMILES string of the molecule is COc1c(Cl)ccc(-c2nc(-c3ccco3)c3cccnc3n2)c1F. The van der Waals surface area contributed by atoms with E-state index in [4.69, 9.17) is 20.8 Å². The van der Waals surface area contributed by atoms with Gasteiger partial charge < -0.3 is 9.15 Å². The van der Waals surface area contributed by atoms with E-state index in [0.29, 0.717) is 22.5 Å². The largest absolute Gasteiger partial charge is 0.492 e. The average Bonchev–Trinajstić information content (AvgIpc) is 3.16. The second-order valence-corrected chi connectivity index (χ2v) is 5.60. The van der Waals surface area contributed by atoms with Crippen molar-refractivity contribution in [3.05, 3.63) is 59.7 Å². The molecule has 4 aromatic rings. The first-order valence-electron chi connectivity index (χ1n) is 7.38. The van der Waals surface area contributed by atoms with Crippen LogP contribution in [-0.2, 0) is 0 Å². The van der Waals surface area contributed by atoms with Crippen LogP contribution in [0.4, 0.5) is 4.39 Å². The number of pyridine rings is 1. The monoisotopic (exact) mass is 355 g/mol. The zero-order valence-corrected chi connectivity index (χ0v) is 13.8. The summed E-state index contributed by atoms with van der Waals surface area (Å²) in [6.45, 7) is 0. The topological polar surface area (TPSA) is 61.0 Å². The van der Waals surface area contributed by atoms with Crippen LogP contribution in [0.2, 0.25) is 5.02 Å². The number of nitrogens with zero attached hydrogens (tertiary/aromatic N) is 3. The number of fused-ring (bicyclic) bond motifs is 1. The molecule has 0 fully saturated rings. The summed E-state index contributed by atoms with van der Waals surface area (Å²) in [7, 11) is 1.35. The van der Waals surface area contributed by atoms with Gasteiger partial charge in [0.2, 0.25) is 0 Å². The van der Waals surface area contributed by atoms with Crippen LogP contribution in [0.25, 0.3) is 33.9 Å². The van der Waals surface area contributed by atoms with Crippen molar-refractivity contribution in [3.8, 4) is 28.6 Å².